The van der Waals surface area contributed by atoms with Crippen molar-refractivity contribution in [2.24, 2.45) is 16.1 Å². The Hall–Kier alpha value is -2.23. The topological polar surface area (TPSA) is 53.8 Å². The zero-order chi connectivity index (χ0) is 14.4. The summed E-state index contributed by atoms with van der Waals surface area (Å²) in [5.74, 6) is 1.08. The largest absolute Gasteiger partial charge is 0.369 e. The van der Waals surface area contributed by atoms with Crippen molar-refractivity contribution in [3.8, 4) is 0 Å². The fourth-order valence-electron chi connectivity index (χ4n) is 2.18. The van der Waals surface area contributed by atoms with E-state index in [1.54, 1.807) is 12.2 Å². The molecule has 0 radical (unpaired) electrons. The Labute approximate surface area is 119 Å². The van der Waals surface area contributed by atoms with Crippen LogP contribution in [0.4, 0.5) is 0 Å². The van der Waals surface area contributed by atoms with E-state index in [9.17, 15) is 4.91 Å². The third kappa shape index (κ3) is 3.63. The first-order valence-electron chi connectivity index (χ1n) is 6.72. The molecule has 0 saturated carbocycles. The molecule has 0 aromatic carbocycles. The number of hydrogen-bond donors (Lipinski definition) is 1. The van der Waals surface area contributed by atoms with Gasteiger partial charge in [0, 0.05) is 6.54 Å². The standard InChI is InChI=1S/C16H19N3O/c1-12-5-3-6-13(2)15(11-12)16-17-9-4-7-14(19-20)8-10-18-16/h3-8,11,15H,9-10H2,1-2H3,(H,17,18)/b7-4-,14-8+. The second-order valence-electron chi connectivity index (χ2n) is 4.89. The van der Waals surface area contributed by atoms with Crippen LogP contribution in [0.3, 0.4) is 0 Å². The van der Waals surface area contributed by atoms with E-state index < -0.39 is 0 Å². The van der Waals surface area contributed by atoms with Crippen LogP contribution >= 0.6 is 0 Å². The zero-order valence-corrected chi connectivity index (χ0v) is 11.8. The predicted octanol–water partition coefficient (Wildman–Crippen LogP) is 3.27. The van der Waals surface area contributed by atoms with Gasteiger partial charge in [-0.2, -0.15) is 0 Å². The average Bonchev–Trinajstić information content (AvgIpc) is 2.54. The molecule has 4 heteroatoms. The molecule has 0 spiro atoms. The Morgan fingerprint density at radius 1 is 1.35 bits per heavy atom. The summed E-state index contributed by atoms with van der Waals surface area (Å²) in [5.41, 5.74) is 2.90. The highest BCUT2D eigenvalue weighted by Gasteiger charge is 2.16. The van der Waals surface area contributed by atoms with Gasteiger partial charge in [-0.05, 0) is 31.2 Å². The number of nitrogens with one attached hydrogen (secondary N) is 1. The molecular formula is C16H19N3O. The Balaban J connectivity index is 2.24. The van der Waals surface area contributed by atoms with Crippen molar-refractivity contribution in [3.05, 3.63) is 64.3 Å². The molecule has 0 fully saturated rings. The first-order chi connectivity index (χ1) is 9.70. The van der Waals surface area contributed by atoms with Crippen LogP contribution in [0.5, 0.6) is 0 Å². The molecule has 2 rings (SSSR count). The third-order valence-corrected chi connectivity index (χ3v) is 3.29. The summed E-state index contributed by atoms with van der Waals surface area (Å²) in [4.78, 5) is 15.2. The van der Waals surface area contributed by atoms with Gasteiger partial charge < -0.3 is 5.32 Å². The lowest BCUT2D eigenvalue weighted by Crippen LogP contribution is -2.31. The third-order valence-electron chi connectivity index (χ3n) is 3.29. The van der Waals surface area contributed by atoms with Gasteiger partial charge in [-0.15, -0.1) is 4.91 Å². The summed E-state index contributed by atoms with van der Waals surface area (Å²) in [6, 6.07) is 0. The maximum absolute atomic E-state index is 10.6. The maximum atomic E-state index is 10.6. The molecule has 2 aliphatic rings. The second-order valence-corrected chi connectivity index (χ2v) is 4.89. The number of amidine groups is 1. The van der Waals surface area contributed by atoms with Gasteiger partial charge in [-0.3, -0.25) is 4.99 Å². The molecular weight excluding hydrogens is 250 g/mol. The predicted molar refractivity (Wildman–Crippen MR) is 83.5 cm³/mol. The number of aliphatic imine (C=N–C) groups is 1. The molecule has 1 atom stereocenters. The van der Waals surface area contributed by atoms with Gasteiger partial charge in [-0.1, -0.05) is 41.5 Å². The van der Waals surface area contributed by atoms with E-state index in [0.29, 0.717) is 18.8 Å². The van der Waals surface area contributed by atoms with Crippen molar-refractivity contribution in [3.63, 3.8) is 0 Å². The Morgan fingerprint density at radius 3 is 3.00 bits per heavy atom. The van der Waals surface area contributed by atoms with Crippen LogP contribution in [-0.2, 0) is 0 Å². The van der Waals surface area contributed by atoms with E-state index >= 15 is 0 Å². The molecule has 0 aromatic rings. The molecule has 0 aromatic heterocycles. The number of allylic oxidation sites excluding steroid dienone is 5. The van der Waals surface area contributed by atoms with Crippen LogP contribution in [-0.4, -0.2) is 18.9 Å². The van der Waals surface area contributed by atoms with E-state index in [-0.39, 0.29) is 5.92 Å². The number of nitrogens with zero attached hydrogens (tertiary/aromatic N) is 2. The summed E-state index contributed by atoms with van der Waals surface area (Å²) < 4.78 is 0. The fourth-order valence-corrected chi connectivity index (χ4v) is 2.18. The van der Waals surface area contributed by atoms with Crippen LogP contribution in [0.15, 0.2) is 69.5 Å². The summed E-state index contributed by atoms with van der Waals surface area (Å²) >= 11 is 0. The van der Waals surface area contributed by atoms with Gasteiger partial charge in [0.15, 0.2) is 0 Å². The summed E-state index contributed by atoms with van der Waals surface area (Å²) in [7, 11) is 0. The van der Waals surface area contributed by atoms with E-state index in [1.165, 1.54) is 11.1 Å². The van der Waals surface area contributed by atoms with Crippen LogP contribution in [0, 0.1) is 10.8 Å². The molecule has 20 heavy (non-hydrogen) atoms. The van der Waals surface area contributed by atoms with E-state index in [4.69, 9.17) is 0 Å². The highest BCUT2D eigenvalue weighted by Crippen LogP contribution is 2.20. The lowest BCUT2D eigenvalue weighted by Gasteiger charge is -2.18. The summed E-state index contributed by atoms with van der Waals surface area (Å²) in [5, 5.41) is 6.27. The first kappa shape index (κ1) is 14.2. The molecule has 4 nitrogen and oxygen atoms in total. The number of rotatable bonds is 2. The fraction of sp³-hybridized carbons (Fsp3) is 0.312. The van der Waals surface area contributed by atoms with Gasteiger partial charge in [-0.25, -0.2) is 0 Å². The van der Waals surface area contributed by atoms with Crippen molar-refractivity contribution >= 4 is 5.84 Å². The molecule has 1 N–H and O–H groups in total. The molecule has 1 heterocycles. The maximum Gasteiger partial charge on any atom is 0.108 e. The van der Waals surface area contributed by atoms with Crippen molar-refractivity contribution in [2.45, 2.75) is 13.8 Å². The van der Waals surface area contributed by atoms with Crippen molar-refractivity contribution in [2.75, 3.05) is 13.1 Å². The molecule has 1 aliphatic carbocycles. The van der Waals surface area contributed by atoms with E-state index in [0.717, 1.165) is 5.84 Å². The Kier molecular flexibility index (Phi) is 4.82. The SMILES string of the molecule is CC1=CC(/C2=N/C/C=C\C(N=O)=C/CN2)C(C)=CC=C1. The van der Waals surface area contributed by atoms with Crippen molar-refractivity contribution in [1.82, 2.24) is 5.32 Å². The van der Waals surface area contributed by atoms with Crippen LogP contribution < -0.4 is 5.32 Å². The molecule has 1 aliphatic heterocycles. The number of hydrogen-bond acceptors (Lipinski definition) is 4. The van der Waals surface area contributed by atoms with E-state index in [2.05, 4.69) is 53.6 Å². The molecule has 0 saturated heterocycles. The average molecular weight is 269 g/mol. The zero-order valence-electron chi connectivity index (χ0n) is 11.8. The Morgan fingerprint density at radius 2 is 2.20 bits per heavy atom. The van der Waals surface area contributed by atoms with Gasteiger partial charge in [0.1, 0.15) is 11.5 Å². The molecule has 104 valence electrons. The van der Waals surface area contributed by atoms with Crippen molar-refractivity contribution in [1.29, 1.82) is 0 Å². The molecule has 1 unspecified atom stereocenters. The highest BCUT2D eigenvalue weighted by atomic mass is 16.3. The monoisotopic (exact) mass is 269 g/mol. The smallest absolute Gasteiger partial charge is 0.108 e. The first-order valence-corrected chi connectivity index (χ1v) is 6.72. The molecule has 0 bridgehead atoms. The van der Waals surface area contributed by atoms with Gasteiger partial charge in [0.2, 0.25) is 0 Å². The Bertz CT molecular complexity index is 562. The lowest BCUT2D eigenvalue weighted by atomic mass is 9.97. The minimum absolute atomic E-state index is 0.151. The van der Waals surface area contributed by atoms with Crippen molar-refractivity contribution < 1.29 is 0 Å². The minimum Gasteiger partial charge on any atom is -0.369 e. The quantitative estimate of drug-likeness (QED) is 0.782. The minimum atomic E-state index is 0.151. The van der Waals surface area contributed by atoms with E-state index in [1.807, 2.05) is 6.08 Å². The summed E-state index contributed by atoms with van der Waals surface area (Å²) in [6.07, 6.45) is 13.8. The van der Waals surface area contributed by atoms with Crippen LogP contribution in [0.1, 0.15) is 13.8 Å². The van der Waals surface area contributed by atoms with Gasteiger partial charge >= 0.3 is 0 Å². The lowest BCUT2D eigenvalue weighted by molar-refractivity contribution is 0.894. The second kappa shape index (κ2) is 6.80. The summed E-state index contributed by atoms with van der Waals surface area (Å²) in [6.45, 7) is 5.28. The molecule has 0 amide bonds. The van der Waals surface area contributed by atoms with Crippen LogP contribution in [0.25, 0.3) is 0 Å². The van der Waals surface area contributed by atoms with Gasteiger partial charge in [0.25, 0.3) is 0 Å². The number of nitroso groups, excluding NO2 is 1. The van der Waals surface area contributed by atoms with Gasteiger partial charge in [0.05, 0.1) is 12.5 Å². The highest BCUT2D eigenvalue weighted by molar-refractivity contribution is 5.89. The normalized spacial score (nSPS) is 29.8. The van der Waals surface area contributed by atoms with Crippen LogP contribution in [0.2, 0.25) is 0 Å².